The summed E-state index contributed by atoms with van der Waals surface area (Å²) < 4.78 is 5.48. The number of aliphatic hydroxyl groups excluding tert-OH is 1. The fraction of sp³-hybridized carbons (Fsp3) is 0.929. The van der Waals surface area contributed by atoms with E-state index in [9.17, 15) is 9.90 Å². The van der Waals surface area contributed by atoms with Gasteiger partial charge in [-0.2, -0.15) is 0 Å². The monoisotopic (exact) mass is 271 g/mol. The third kappa shape index (κ3) is 3.68. The second-order valence-corrected chi connectivity index (χ2v) is 6.16. The van der Waals surface area contributed by atoms with Gasteiger partial charge in [0.2, 0.25) is 0 Å². The van der Waals surface area contributed by atoms with E-state index in [2.05, 4.69) is 12.2 Å². The number of hydrogen-bond donors (Lipinski definition) is 3. The SMILES string of the molecule is CC1CCC(CO)(NCC2CCC(C(=O)O)O2)CC1. The summed E-state index contributed by atoms with van der Waals surface area (Å²) in [5.41, 5.74) is -0.183. The predicted molar refractivity (Wildman–Crippen MR) is 71.0 cm³/mol. The minimum atomic E-state index is -0.870. The third-order valence-electron chi connectivity index (χ3n) is 4.62. The van der Waals surface area contributed by atoms with Crippen molar-refractivity contribution in [3.05, 3.63) is 0 Å². The molecule has 19 heavy (non-hydrogen) atoms. The predicted octanol–water partition coefficient (Wildman–Crippen LogP) is 1.15. The van der Waals surface area contributed by atoms with Gasteiger partial charge < -0.3 is 20.3 Å². The zero-order valence-corrected chi connectivity index (χ0v) is 11.6. The molecule has 1 aliphatic heterocycles. The van der Waals surface area contributed by atoms with Gasteiger partial charge in [-0.25, -0.2) is 4.79 Å². The molecule has 0 radical (unpaired) electrons. The van der Waals surface area contributed by atoms with Crippen molar-refractivity contribution in [1.29, 1.82) is 0 Å². The molecular weight excluding hydrogens is 246 g/mol. The average Bonchev–Trinajstić information content (AvgIpc) is 2.88. The molecule has 1 saturated carbocycles. The first kappa shape index (κ1) is 14.8. The molecule has 2 fully saturated rings. The maximum Gasteiger partial charge on any atom is 0.332 e. The fourth-order valence-electron chi connectivity index (χ4n) is 3.07. The summed E-state index contributed by atoms with van der Waals surface area (Å²) in [7, 11) is 0. The van der Waals surface area contributed by atoms with Crippen molar-refractivity contribution < 1.29 is 19.7 Å². The molecule has 0 bridgehead atoms. The molecule has 1 heterocycles. The van der Waals surface area contributed by atoms with Crippen LogP contribution in [0.4, 0.5) is 0 Å². The maximum absolute atomic E-state index is 10.8. The normalized spacial score (nSPS) is 39.4. The minimum Gasteiger partial charge on any atom is -0.479 e. The number of ether oxygens (including phenoxy) is 1. The van der Waals surface area contributed by atoms with E-state index < -0.39 is 12.1 Å². The van der Waals surface area contributed by atoms with Gasteiger partial charge in [0.15, 0.2) is 6.10 Å². The smallest absolute Gasteiger partial charge is 0.332 e. The van der Waals surface area contributed by atoms with E-state index in [1.54, 1.807) is 0 Å². The molecule has 2 rings (SSSR count). The van der Waals surface area contributed by atoms with Crippen molar-refractivity contribution in [2.45, 2.75) is 63.2 Å². The van der Waals surface area contributed by atoms with Gasteiger partial charge in [0.05, 0.1) is 12.7 Å². The topological polar surface area (TPSA) is 78.8 Å². The largest absolute Gasteiger partial charge is 0.479 e. The molecule has 5 heteroatoms. The van der Waals surface area contributed by atoms with Crippen LogP contribution in [0, 0.1) is 5.92 Å². The van der Waals surface area contributed by atoms with Crippen LogP contribution >= 0.6 is 0 Å². The molecule has 0 amide bonds. The highest BCUT2D eigenvalue weighted by atomic mass is 16.5. The van der Waals surface area contributed by atoms with Gasteiger partial charge >= 0.3 is 5.97 Å². The van der Waals surface area contributed by atoms with Crippen LogP contribution in [0.5, 0.6) is 0 Å². The minimum absolute atomic E-state index is 0.0381. The lowest BCUT2D eigenvalue weighted by Crippen LogP contribution is -2.53. The van der Waals surface area contributed by atoms with Crippen LogP contribution in [-0.4, -0.2) is 47.1 Å². The van der Waals surface area contributed by atoms with Gasteiger partial charge in [-0.05, 0) is 44.4 Å². The number of carbonyl (C=O) groups is 1. The van der Waals surface area contributed by atoms with E-state index >= 15 is 0 Å². The molecule has 1 aliphatic carbocycles. The number of carboxylic acid groups (broad SMARTS) is 1. The number of rotatable bonds is 5. The lowest BCUT2D eigenvalue weighted by atomic mass is 9.77. The van der Waals surface area contributed by atoms with Crippen LogP contribution in [0.15, 0.2) is 0 Å². The molecule has 1 saturated heterocycles. The van der Waals surface area contributed by atoms with E-state index in [-0.39, 0.29) is 18.2 Å². The lowest BCUT2D eigenvalue weighted by Gasteiger charge is -2.39. The molecular formula is C14H25NO4. The second kappa shape index (κ2) is 6.20. The molecule has 0 aromatic heterocycles. The van der Waals surface area contributed by atoms with E-state index in [1.165, 1.54) is 0 Å². The van der Waals surface area contributed by atoms with Crippen LogP contribution in [0.1, 0.15) is 45.4 Å². The maximum atomic E-state index is 10.8. The number of carboxylic acids is 1. The summed E-state index contributed by atoms with van der Waals surface area (Å²) in [6, 6.07) is 0. The summed E-state index contributed by atoms with van der Waals surface area (Å²) in [5, 5.41) is 22.0. The summed E-state index contributed by atoms with van der Waals surface area (Å²) in [5.74, 6) is -0.133. The van der Waals surface area contributed by atoms with Gasteiger partial charge in [-0.15, -0.1) is 0 Å². The van der Waals surface area contributed by atoms with Crippen LogP contribution < -0.4 is 5.32 Å². The number of nitrogens with one attached hydrogen (secondary N) is 1. The molecule has 0 aromatic rings. The van der Waals surface area contributed by atoms with Crippen molar-refractivity contribution in [2.24, 2.45) is 5.92 Å². The molecule has 2 aliphatic rings. The average molecular weight is 271 g/mol. The molecule has 2 unspecified atom stereocenters. The Kier molecular flexibility index (Phi) is 4.81. The quantitative estimate of drug-likeness (QED) is 0.699. The highest BCUT2D eigenvalue weighted by Crippen LogP contribution is 2.32. The van der Waals surface area contributed by atoms with Crippen molar-refractivity contribution >= 4 is 5.97 Å². The molecule has 5 nitrogen and oxygen atoms in total. The van der Waals surface area contributed by atoms with E-state index in [0.717, 1.165) is 38.0 Å². The summed E-state index contributed by atoms with van der Waals surface area (Å²) in [6.07, 6.45) is 4.92. The van der Waals surface area contributed by atoms with Gasteiger partial charge in [0.25, 0.3) is 0 Å². The zero-order chi connectivity index (χ0) is 13.9. The molecule has 0 spiro atoms. The Labute approximate surface area is 114 Å². The zero-order valence-electron chi connectivity index (χ0n) is 11.6. The Morgan fingerprint density at radius 1 is 1.32 bits per heavy atom. The van der Waals surface area contributed by atoms with E-state index in [0.29, 0.717) is 13.0 Å². The summed E-state index contributed by atoms with van der Waals surface area (Å²) in [6.45, 7) is 3.03. The van der Waals surface area contributed by atoms with Crippen molar-refractivity contribution in [1.82, 2.24) is 5.32 Å². The number of hydrogen-bond acceptors (Lipinski definition) is 4. The molecule has 0 aromatic carbocycles. The summed E-state index contributed by atoms with van der Waals surface area (Å²) in [4.78, 5) is 10.8. The van der Waals surface area contributed by atoms with Gasteiger partial charge in [-0.1, -0.05) is 6.92 Å². The first-order valence-electron chi connectivity index (χ1n) is 7.29. The highest BCUT2D eigenvalue weighted by Gasteiger charge is 2.36. The van der Waals surface area contributed by atoms with Gasteiger partial charge in [0.1, 0.15) is 0 Å². The standard InChI is InChI=1S/C14H25NO4/c1-10-4-6-14(9-16,7-5-10)15-8-11-2-3-12(19-11)13(17)18/h10-12,15-16H,2-9H2,1H3,(H,17,18). The van der Waals surface area contributed by atoms with Crippen molar-refractivity contribution in [3.63, 3.8) is 0 Å². The van der Waals surface area contributed by atoms with Crippen LogP contribution in [0.25, 0.3) is 0 Å². The number of aliphatic hydroxyl groups is 1. The first-order valence-corrected chi connectivity index (χ1v) is 7.29. The Morgan fingerprint density at radius 2 is 2.00 bits per heavy atom. The van der Waals surface area contributed by atoms with Crippen LogP contribution in [-0.2, 0) is 9.53 Å². The Balaban J connectivity index is 1.79. The van der Waals surface area contributed by atoms with E-state index in [1.807, 2.05) is 0 Å². The van der Waals surface area contributed by atoms with Crippen molar-refractivity contribution in [2.75, 3.05) is 13.2 Å². The molecule has 3 N–H and O–H groups in total. The van der Waals surface area contributed by atoms with Gasteiger partial charge in [-0.3, -0.25) is 0 Å². The third-order valence-corrected chi connectivity index (χ3v) is 4.62. The lowest BCUT2D eigenvalue weighted by molar-refractivity contribution is -0.149. The Bertz CT molecular complexity index is 313. The Hall–Kier alpha value is -0.650. The van der Waals surface area contributed by atoms with Crippen LogP contribution in [0.3, 0.4) is 0 Å². The van der Waals surface area contributed by atoms with E-state index in [4.69, 9.17) is 9.84 Å². The van der Waals surface area contributed by atoms with Crippen molar-refractivity contribution in [3.8, 4) is 0 Å². The second-order valence-electron chi connectivity index (χ2n) is 6.16. The first-order chi connectivity index (χ1) is 9.04. The number of aliphatic carboxylic acids is 1. The Morgan fingerprint density at radius 3 is 2.53 bits per heavy atom. The van der Waals surface area contributed by atoms with Gasteiger partial charge in [0, 0.05) is 12.1 Å². The fourth-order valence-corrected chi connectivity index (χ4v) is 3.07. The highest BCUT2D eigenvalue weighted by molar-refractivity contribution is 5.72. The molecule has 110 valence electrons. The van der Waals surface area contributed by atoms with Crippen LogP contribution in [0.2, 0.25) is 0 Å². The summed E-state index contributed by atoms with van der Waals surface area (Å²) >= 11 is 0. The molecule has 2 atom stereocenters.